The molecule has 1 aliphatic heterocycles. The first-order valence-corrected chi connectivity index (χ1v) is 8.46. The van der Waals surface area contributed by atoms with Crippen molar-refractivity contribution in [2.24, 2.45) is 5.92 Å². The summed E-state index contributed by atoms with van der Waals surface area (Å²) in [6, 6.07) is 13.6. The van der Waals surface area contributed by atoms with Crippen LogP contribution in [-0.4, -0.2) is 38.5 Å². The van der Waals surface area contributed by atoms with Gasteiger partial charge in [0.15, 0.2) is 0 Å². The molecule has 2 amide bonds. The third kappa shape index (κ3) is 3.92. The molecule has 0 spiro atoms. The summed E-state index contributed by atoms with van der Waals surface area (Å²) in [6.45, 7) is 0.283. The predicted molar refractivity (Wildman–Crippen MR) is 99.9 cm³/mol. The molecule has 7 nitrogen and oxygen atoms in total. The lowest BCUT2D eigenvalue weighted by molar-refractivity contribution is -0.122. The zero-order chi connectivity index (χ0) is 19.4. The summed E-state index contributed by atoms with van der Waals surface area (Å²) in [6.07, 6.45) is 0.129. The van der Waals surface area contributed by atoms with E-state index in [2.05, 4.69) is 10.1 Å². The molecular weight excluding hydrogens is 348 g/mol. The van der Waals surface area contributed by atoms with Gasteiger partial charge in [-0.1, -0.05) is 12.1 Å². The summed E-state index contributed by atoms with van der Waals surface area (Å²) in [5, 5.41) is 2.79. The van der Waals surface area contributed by atoms with Gasteiger partial charge in [0.05, 0.1) is 31.4 Å². The molecule has 0 bridgehead atoms. The summed E-state index contributed by atoms with van der Waals surface area (Å²) < 4.78 is 9.95. The van der Waals surface area contributed by atoms with Crippen LogP contribution >= 0.6 is 0 Å². The van der Waals surface area contributed by atoms with Gasteiger partial charge >= 0.3 is 5.97 Å². The van der Waals surface area contributed by atoms with Gasteiger partial charge in [-0.3, -0.25) is 9.59 Å². The van der Waals surface area contributed by atoms with Crippen molar-refractivity contribution < 1.29 is 23.9 Å². The van der Waals surface area contributed by atoms with Crippen LogP contribution in [-0.2, 0) is 14.3 Å². The average molecular weight is 368 g/mol. The first-order valence-electron chi connectivity index (χ1n) is 8.46. The Hall–Kier alpha value is -3.35. The Labute approximate surface area is 156 Å². The van der Waals surface area contributed by atoms with Gasteiger partial charge in [0.2, 0.25) is 11.8 Å². The maximum atomic E-state index is 12.6. The zero-order valence-electron chi connectivity index (χ0n) is 15.1. The third-order valence-electron chi connectivity index (χ3n) is 4.45. The summed E-state index contributed by atoms with van der Waals surface area (Å²) in [5.74, 6) is -0.693. The van der Waals surface area contributed by atoms with E-state index in [0.717, 1.165) is 0 Å². The lowest BCUT2D eigenvalue weighted by atomic mass is 10.1. The fourth-order valence-corrected chi connectivity index (χ4v) is 3.02. The minimum Gasteiger partial charge on any atom is -0.495 e. The maximum absolute atomic E-state index is 12.6. The number of methoxy groups -OCH3 is 2. The van der Waals surface area contributed by atoms with E-state index in [1.807, 2.05) is 12.1 Å². The molecule has 1 saturated heterocycles. The summed E-state index contributed by atoms with van der Waals surface area (Å²) >= 11 is 0. The highest BCUT2D eigenvalue weighted by Crippen LogP contribution is 2.33. The van der Waals surface area contributed by atoms with Crippen LogP contribution in [0.15, 0.2) is 48.5 Å². The minimum absolute atomic E-state index is 0.124. The molecule has 1 heterocycles. The van der Waals surface area contributed by atoms with Gasteiger partial charge in [-0.15, -0.1) is 0 Å². The number of nitrogens with one attached hydrogen (secondary N) is 1. The Morgan fingerprint density at radius 1 is 1.07 bits per heavy atom. The molecule has 27 heavy (non-hydrogen) atoms. The molecule has 0 unspecified atom stereocenters. The topological polar surface area (TPSA) is 84.9 Å². The van der Waals surface area contributed by atoms with E-state index in [1.165, 1.54) is 7.11 Å². The number of benzene rings is 2. The number of nitrogens with zero attached hydrogens (tertiary/aromatic N) is 1. The Balaban J connectivity index is 1.68. The van der Waals surface area contributed by atoms with Crippen LogP contribution in [0.5, 0.6) is 5.75 Å². The van der Waals surface area contributed by atoms with Crippen molar-refractivity contribution in [3.8, 4) is 5.75 Å². The molecule has 2 aromatic carbocycles. The number of hydrogen-bond acceptors (Lipinski definition) is 5. The zero-order valence-corrected chi connectivity index (χ0v) is 15.1. The van der Waals surface area contributed by atoms with E-state index in [0.29, 0.717) is 22.7 Å². The number of para-hydroxylation sites is 2. The van der Waals surface area contributed by atoms with Gasteiger partial charge < -0.3 is 19.7 Å². The molecule has 1 fully saturated rings. The van der Waals surface area contributed by atoms with E-state index in [9.17, 15) is 14.4 Å². The molecule has 0 radical (unpaired) electrons. The summed E-state index contributed by atoms with van der Waals surface area (Å²) in [4.78, 5) is 38.0. The molecule has 1 N–H and O–H groups in total. The minimum atomic E-state index is -0.470. The van der Waals surface area contributed by atoms with Crippen molar-refractivity contribution in [3.05, 3.63) is 54.1 Å². The molecule has 2 aromatic rings. The molecule has 0 aliphatic carbocycles. The van der Waals surface area contributed by atoms with Crippen LogP contribution < -0.4 is 15.0 Å². The van der Waals surface area contributed by atoms with Crippen LogP contribution in [0.3, 0.4) is 0 Å². The monoisotopic (exact) mass is 368 g/mol. The van der Waals surface area contributed by atoms with Gasteiger partial charge in [-0.05, 0) is 36.4 Å². The first kappa shape index (κ1) is 18.4. The van der Waals surface area contributed by atoms with Gasteiger partial charge in [0.25, 0.3) is 0 Å². The number of ether oxygens (including phenoxy) is 2. The van der Waals surface area contributed by atoms with Crippen molar-refractivity contribution in [1.82, 2.24) is 0 Å². The van der Waals surface area contributed by atoms with Gasteiger partial charge in [-0.25, -0.2) is 4.79 Å². The second-order valence-electron chi connectivity index (χ2n) is 6.14. The SMILES string of the molecule is COC(=O)c1ccc(NC(=O)[C@@H]2CC(=O)N(c3ccccc3OC)C2)cc1. The van der Waals surface area contributed by atoms with E-state index in [1.54, 1.807) is 48.4 Å². The molecular formula is C20H20N2O5. The van der Waals surface area contributed by atoms with Gasteiger partial charge in [0.1, 0.15) is 5.75 Å². The van der Waals surface area contributed by atoms with E-state index >= 15 is 0 Å². The normalized spacial score (nSPS) is 16.1. The number of carbonyl (C=O) groups is 3. The quantitative estimate of drug-likeness (QED) is 0.820. The standard InChI is InChI=1S/C20H20N2O5/c1-26-17-6-4-3-5-16(17)22-12-14(11-18(22)23)19(24)21-15-9-7-13(8-10-15)20(25)27-2/h3-10,14H,11-12H2,1-2H3,(H,21,24)/t14-/m1/s1. The highest BCUT2D eigenvalue weighted by atomic mass is 16.5. The number of hydrogen-bond donors (Lipinski definition) is 1. The Morgan fingerprint density at radius 3 is 2.44 bits per heavy atom. The van der Waals surface area contributed by atoms with Crippen LogP contribution in [0.2, 0.25) is 0 Å². The number of rotatable bonds is 5. The molecule has 7 heteroatoms. The predicted octanol–water partition coefficient (Wildman–Crippen LogP) is 2.47. The van der Waals surface area contributed by atoms with Crippen LogP contribution in [0.25, 0.3) is 0 Å². The number of amides is 2. The van der Waals surface area contributed by atoms with Crippen molar-refractivity contribution >= 4 is 29.2 Å². The average Bonchev–Trinajstić information content (AvgIpc) is 3.09. The van der Waals surface area contributed by atoms with Crippen LogP contribution in [0, 0.1) is 5.92 Å². The summed E-state index contributed by atoms with van der Waals surface area (Å²) in [5.41, 5.74) is 1.60. The van der Waals surface area contributed by atoms with Crippen molar-refractivity contribution in [2.45, 2.75) is 6.42 Å². The Morgan fingerprint density at radius 2 is 1.78 bits per heavy atom. The Kier molecular flexibility index (Phi) is 5.40. The lowest BCUT2D eigenvalue weighted by Gasteiger charge is -2.19. The largest absolute Gasteiger partial charge is 0.495 e. The van der Waals surface area contributed by atoms with E-state index in [4.69, 9.17) is 4.74 Å². The number of carbonyl (C=O) groups excluding carboxylic acids is 3. The smallest absolute Gasteiger partial charge is 0.337 e. The fourth-order valence-electron chi connectivity index (χ4n) is 3.02. The van der Waals surface area contributed by atoms with Gasteiger partial charge in [0, 0.05) is 18.7 Å². The molecule has 140 valence electrons. The lowest BCUT2D eigenvalue weighted by Crippen LogP contribution is -2.28. The second-order valence-corrected chi connectivity index (χ2v) is 6.14. The molecule has 3 rings (SSSR count). The molecule has 0 aromatic heterocycles. The third-order valence-corrected chi connectivity index (χ3v) is 4.45. The first-order chi connectivity index (χ1) is 13.0. The molecule has 1 aliphatic rings. The highest BCUT2D eigenvalue weighted by Gasteiger charge is 2.36. The summed E-state index contributed by atoms with van der Waals surface area (Å²) in [7, 11) is 2.85. The van der Waals surface area contributed by atoms with Crippen molar-refractivity contribution in [2.75, 3.05) is 31.0 Å². The van der Waals surface area contributed by atoms with E-state index in [-0.39, 0.29) is 24.8 Å². The van der Waals surface area contributed by atoms with Gasteiger partial charge in [-0.2, -0.15) is 0 Å². The van der Waals surface area contributed by atoms with Crippen LogP contribution in [0.4, 0.5) is 11.4 Å². The van der Waals surface area contributed by atoms with Crippen molar-refractivity contribution in [3.63, 3.8) is 0 Å². The fraction of sp³-hybridized carbons (Fsp3) is 0.250. The Bertz CT molecular complexity index is 863. The maximum Gasteiger partial charge on any atom is 0.337 e. The van der Waals surface area contributed by atoms with Crippen LogP contribution in [0.1, 0.15) is 16.8 Å². The molecule has 0 saturated carbocycles. The highest BCUT2D eigenvalue weighted by molar-refractivity contribution is 6.04. The van der Waals surface area contributed by atoms with E-state index < -0.39 is 11.9 Å². The molecule has 1 atom stereocenters. The van der Waals surface area contributed by atoms with Crippen molar-refractivity contribution in [1.29, 1.82) is 0 Å². The number of esters is 1. The second kappa shape index (κ2) is 7.90. The number of anilines is 2.